The van der Waals surface area contributed by atoms with Crippen LogP contribution in [0, 0.1) is 5.92 Å². The highest BCUT2D eigenvalue weighted by Gasteiger charge is 2.16. The fraction of sp³-hybridized carbons (Fsp3) is 0.400. The first kappa shape index (κ1) is 17.5. The number of hydrogen-bond acceptors (Lipinski definition) is 5. The van der Waals surface area contributed by atoms with Gasteiger partial charge in [-0.1, -0.05) is 19.0 Å². The fourth-order valence-electron chi connectivity index (χ4n) is 1.72. The third-order valence-corrected chi connectivity index (χ3v) is 3.08. The Morgan fingerprint density at radius 3 is 2.23 bits per heavy atom. The van der Waals surface area contributed by atoms with Gasteiger partial charge in [0.05, 0.1) is 5.92 Å². The number of amides is 1. The summed E-state index contributed by atoms with van der Waals surface area (Å²) < 4.78 is 5.12. The molecule has 0 aliphatic carbocycles. The summed E-state index contributed by atoms with van der Waals surface area (Å²) >= 11 is 0. The minimum atomic E-state index is -0.557. The summed E-state index contributed by atoms with van der Waals surface area (Å²) in [6.45, 7) is 3.62. The minimum absolute atomic E-state index is 0.0840. The molecule has 0 aromatic heterocycles. The Balaban J connectivity index is 2.64. The monoisotopic (exact) mass is 307 g/mol. The van der Waals surface area contributed by atoms with E-state index >= 15 is 0 Å². The molecule has 0 saturated carbocycles. The van der Waals surface area contributed by atoms with Gasteiger partial charge in [-0.05, 0) is 37.1 Å². The van der Waals surface area contributed by atoms with E-state index in [0.717, 1.165) is 0 Å². The summed E-state index contributed by atoms with van der Waals surface area (Å²) in [5.74, 6) is -0.570. The molecule has 22 heavy (non-hydrogen) atoms. The van der Waals surface area contributed by atoms with Crippen molar-refractivity contribution in [1.82, 2.24) is 0 Å². The second kappa shape index (κ2) is 8.66. The van der Waals surface area contributed by atoms with Crippen molar-refractivity contribution in [2.45, 2.75) is 26.7 Å². The van der Waals surface area contributed by atoms with Crippen LogP contribution in [0.4, 0.5) is 0 Å². The average molecular weight is 307 g/mol. The van der Waals surface area contributed by atoms with E-state index in [1.54, 1.807) is 24.3 Å². The normalized spacial score (nSPS) is 11.3. The molecule has 120 valence electrons. The van der Waals surface area contributed by atoms with Crippen LogP contribution >= 0.6 is 0 Å². The van der Waals surface area contributed by atoms with E-state index in [1.807, 2.05) is 13.8 Å². The Hall–Kier alpha value is -2.57. The molecular weight excluding hydrogens is 286 g/mol. The standard InChI is InChI=1S/C15H21N3O4/c1-3-10(4-2)15(20)22-18-14(17)11-5-7-12(8-6-11)21-9-13(16)19/h5-8,10H,3-4,9H2,1-2H3,(H2,16,19)(H2,17,18). The second-order valence-corrected chi connectivity index (χ2v) is 4.68. The number of hydrogen-bond donors (Lipinski definition) is 2. The van der Waals surface area contributed by atoms with Crippen molar-refractivity contribution in [2.75, 3.05) is 6.61 Å². The van der Waals surface area contributed by atoms with E-state index in [4.69, 9.17) is 21.0 Å². The largest absolute Gasteiger partial charge is 0.484 e. The van der Waals surface area contributed by atoms with Crippen LogP contribution in [0.3, 0.4) is 0 Å². The van der Waals surface area contributed by atoms with Crippen molar-refractivity contribution in [2.24, 2.45) is 22.5 Å². The molecule has 4 N–H and O–H groups in total. The van der Waals surface area contributed by atoms with Crippen LogP contribution in [-0.2, 0) is 14.4 Å². The highest BCUT2D eigenvalue weighted by Crippen LogP contribution is 2.13. The number of ether oxygens (including phenoxy) is 1. The first-order valence-corrected chi connectivity index (χ1v) is 7.03. The topological polar surface area (TPSA) is 117 Å². The SMILES string of the molecule is CCC(CC)C(=O)O/N=C(\N)c1ccc(OCC(N)=O)cc1. The molecule has 0 aliphatic rings. The zero-order valence-electron chi connectivity index (χ0n) is 12.7. The molecular formula is C15H21N3O4. The third kappa shape index (κ3) is 5.43. The molecule has 0 spiro atoms. The lowest BCUT2D eigenvalue weighted by Crippen LogP contribution is -2.20. The minimum Gasteiger partial charge on any atom is -0.484 e. The lowest BCUT2D eigenvalue weighted by atomic mass is 10.0. The van der Waals surface area contributed by atoms with Gasteiger partial charge in [0.2, 0.25) is 0 Å². The molecule has 1 aromatic carbocycles. The van der Waals surface area contributed by atoms with Gasteiger partial charge in [0, 0.05) is 5.56 Å². The highest BCUT2D eigenvalue weighted by molar-refractivity contribution is 5.97. The van der Waals surface area contributed by atoms with E-state index in [9.17, 15) is 9.59 Å². The number of nitrogens with zero attached hydrogens (tertiary/aromatic N) is 1. The maximum Gasteiger partial charge on any atom is 0.338 e. The number of benzene rings is 1. The lowest BCUT2D eigenvalue weighted by molar-refractivity contribution is -0.148. The summed E-state index contributed by atoms with van der Waals surface area (Å²) in [4.78, 5) is 27.1. The molecule has 0 saturated heterocycles. The number of oxime groups is 1. The van der Waals surface area contributed by atoms with Crippen molar-refractivity contribution >= 4 is 17.7 Å². The Morgan fingerprint density at radius 1 is 1.14 bits per heavy atom. The van der Waals surface area contributed by atoms with E-state index in [1.165, 1.54) is 0 Å². The van der Waals surface area contributed by atoms with Gasteiger partial charge in [0.15, 0.2) is 12.4 Å². The average Bonchev–Trinajstić information content (AvgIpc) is 2.52. The molecule has 0 atom stereocenters. The number of amidine groups is 1. The predicted octanol–water partition coefficient (Wildman–Crippen LogP) is 1.15. The zero-order valence-corrected chi connectivity index (χ0v) is 12.7. The van der Waals surface area contributed by atoms with Crippen molar-refractivity contribution in [3.8, 4) is 5.75 Å². The van der Waals surface area contributed by atoms with Crippen LogP contribution in [0.5, 0.6) is 5.75 Å². The smallest absolute Gasteiger partial charge is 0.338 e. The van der Waals surface area contributed by atoms with Crippen molar-refractivity contribution in [3.05, 3.63) is 29.8 Å². The fourth-order valence-corrected chi connectivity index (χ4v) is 1.72. The van der Waals surface area contributed by atoms with E-state index in [-0.39, 0.29) is 18.4 Å². The molecule has 0 heterocycles. The van der Waals surface area contributed by atoms with Crippen LogP contribution in [0.25, 0.3) is 0 Å². The van der Waals surface area contributed by atoms with E-state index < -0.39 is 11.9 Å². The number of primary amides is 1. The van der Waals surface area contributed by atoms with E-state index in [2.05, 4.69) is 5.16 Å². The lowest BCUT2D eigenvalue weighted by Gasteiger charge is -2.08. The summed E-state index contributed by atoms with van der Waals surface area (Å²) in [6.07, 6.45) is 1.38. The Kier molecular flexibility index (Phi) is 6.88. The molecule has 0 radical (unpaired) electrons. The van der Waals surface area contributed by atoms with Crippen molar-refractivity contribution in [1.29, 1.82) is 0 Å². The van der Waals surface area contributed by atoms with Gasteiger partial charge in [-0.25, -0.2) is 4.79 Å². The number of rotatable bonds is 8. The van der Waals surface area contributed by atoms with Gasteiger partial charge in [-0.15, -0.1) is 0 Å². The predicted molar refractivity (Wildman–Crippen MR) is 82.0 cm³/mol. The van der Waals surface area contributed by atoms with Crippen LogP contribution in [-0.4, -0.2) is 24.3 Å². The van der Waals surface area contributed by atoms with Crippen LogP contribution in [0.2, 0.25) is 0 Å². The summed E-state index contributed by atoms with van der Waals surface area (Å²) in [5, 5.41) is 3.64. The molecule has 0 aliphatic heterocycles. The highest BCUT2D eigenvalue weighted by atomic mass is 16.7. The first-order valence-electron chi connectivity index (χ1n) is 7.03. The van der Waals surface area contributed by atoms with Crippen molar-refractivity contribution in [3.63, 3.8) is 0 Å². The quantitative estimate of drug-likeness (QED) is 0.323. The summed E-state index contributed by atoms with van der Waals surface area (Å²) in [6, 6.07) is 6.51. The number of carbonyl (C=O) groups is 2. The maximum atomic E-state index is 11.7. The Bertz CT molecular complexity index is 536. The first-order chi connectivity index (χ1) is 10.5. The van der Waals surface area contributed by atoms with Gasteiger partial charge >= 0.3 is 5.97 Å². The van der Waals surface area contributed by atoms with Crippen LogP contribution < -0.4 is 16.2 Å². The third-order valence-electron chi connectivity index (χ3n) is 3.08. The zero-order chi connectivity index (χ0) is 16.5. The second-order valence-electron chi connectivity index (χ2n) is 4.68. The number of nitrogens with two attached hydrogens (primary N) is 2. The number of carbonyl (C=O) groups excluding carboxylic acids is 2. The maximum absolute atomic E-state index is 11.7. The summed E-state index contributed by atoms with van der Waals surface area (Å²) in [5.41, 5.74) is 11.3. The van der Waals surface area contributed by atoms with Gasteiger partial charge in [0.1, 0.15) is 5.75 Å². The molecule has 0 bridgehead atoms. The van der Waals surface area contributed by atoms with Crippen LogP contribution in [0.1, 0.15) is 32.3 Å². The molecule has 1 amide bonds. The van der Waals surface area contributed by atoms with Crippen molar-refractivity contribution < 1.29 is 19.2 Å². The summed E-state index contributed by atoms with van der Waals surface area (Å²) in [7, 11) is 0. The van der Waals surface area contributed by atoms with Crippen LogP contribution in [0.15, 0.2) is 29.4 Å². The van der Waals surface area contributed by atoms with Gasteiger partial charge in [-0.2, -0.15) is 0 Å². The molecule has 1 aromatic rings. The van der Waals surface area contributed by atoms with Gasteiger partial charge in [-0.3, -0.25) is 4.79 Å². The van der Waals surface area contributed by atoms with Gasteiger partial charge < -0.3 is 21.0 Å². The molecule has 7 heteroatoms. The molecule has 1 rings (SSSR count). The molecule has 0 unspecified atom stereocenters. The van der Waals surface area contributed by atoms with E-state index in [0.29, 0.717) is 24.2 Å². The van der Waals surface area contributed by atoms with Gasteiger partial charge in [0.25, 0.3) is 5.91 Å². The Labute approximate surface area is 129 Å². The molecule has 7 nitrogen and oxygen atoms in total. The molecule has 0 fully saturated rings. The Morgan fingerprint density at radius 2 is 1.73 bits per heavy atom.